The number of nitrogens with zero attached hydrogens (tertiary/aromatic N) is 1. The van der Waals surface area contributed by atoms with Gasteiger partial charge in [0.05, 0.1) is 23.6 Å². The number of thiophene rings is 1. The molecule has 204 valence electrons. The van der Waals surface area contributed by atoms with Crippen LogP contribution in [-0.2, 0) is 17.6 Å². The number of anilines is 3. The third-order valence-corrected chi connectivity index (χ3v) is 9.44. The van der Waals surface area contributed by atoms with E-state index in [-0.39, 0.29) is 16.6 Å². The molecule has 2 atom stereocenters. The highest BCUT2D eigenvalue weighted by atomic mass is 32.2. The van der Waals surface area contributed by atoms with Gasteiger partial charge < -0.3 is 20.7 Å². The van der Waals surface area contributed by atoms with E-state index in [1.807, 2.05) is 55.5 Å². The summed E-state index contributed by atoms with van der Waals surface area (Å²) in [5.74, 6) is 1.16. The molecule has 0 saturated carbocycles. The monoisotopic (exact) mass is 578 g/mol. The van der Waals surface area contributed by atoms with Gasteiger partial charge in [-0.15, -0.1) is 23.1 Å². The van der Waals surface area contributed by atoms with Gasteiger partial charge in [0, 0.05) is 15.5 Å². The zero-order valence-electron chi connectivity index (χ0n) is 22.9. The predicted octanol–water partition coefficient (Wildman–Crippen LogP) is 7.71. The predicted molar refractivity (Wildman–Crippen MR) is 167 cm³/mol. The van der Waals surface area contributed by atoms with Crippen LogP contribution in [0, 0.1) is 22.7 Å². The zero-order valence-corrected chi connectivity index (χ0v) is 25.3. The van der Waals surface area contributed by atoms with Crippen molar-refractivity contribution in [3.63, 3.8) is 0 Å². The van der Waals surface area contributed by atoms with Crippen LogP contribution >= 0.6 is 35.3 Å². The fraction of sp³-hybridized carbons (Fsp3) is 0.367. The van der Waals surface area contributed by atoms with Crippen LogP contribution in [0.25, 0.3) is 0 Å². The molecule has 39 heavy (non-hydrogen) atoms. The Morgan fingerprint density at radius 3 is 2.67 bits per heavy atom. The van der Waals surface area contributed by atoms with Crippen LogP contribution in [0.3, 0.4) is 0 Å². The number of methoxy groups -OCH3 is 1. The highest BCUT2D eigenvalue weighted by Gasteiger charge is 2.32. The molecule has 6 nitrogen and oxygen atoms in total. The van der Waals surface area contributed by atoms with Gasteiger partial charge in [-0.25, -0.2) is 0 Å². The van der Waals surface area contributed by atoms with Crippen molar-refractivity contribution in [1.29, 1.82) is 5.26 Å². The lowest BCUT2D eigenvalue weighted by Crippen LogP contribution is -2.26. The number of para-hydroxylation sites is 2. The Kier molecular flexibility index (Phi) is 9.21. The number of carbonyl (C=O) groups excluding carboxylic acids is 1. The Labute approximate surface area is 244 Å². The standard InChI is InChI=1S/C30H34N4O2S3/c1-18(27(35)34-28-23(17-31)22-14-13-19(30(2,3)4)15-26(22)39-28)38-21-10-8-9-20(16-21)32-29(37)33-24-11-6-7-12-25(24)36-5/h6-12,16,18-19H,13-15H2,1-5H3,(H,34,35)(H2,32,33,37). The number of nitriles is 1. The van der Waals surface area contributed by atoms with Crippen molar-refractivity contribution in [3.8, 4) is 11.8 Å². The van der Waals surface area contributed by atoms with Crippen LogP contribution in [0.1, 0.15) is 50.1 Å². The quantitative estimate of drug-likeness (QED) is 0.196. The number of amides is 1. The van der Waals surface area contributed by atoms with E-state index in [0.29, 0.717) is 27.3 Å². The molecule has 2 unspecified atom stereocenters. The first-order valence-corrected chi connectivity index (χ1v) is 15.0. The van der Waals surface area contributed by atoms with E-state index in [2.05, 4.69) is 42.8 Å². The molecule has 0 spiro atoms. The molecule has 1 aromatic heterocycles. The summed E-state index contributed by atoms with van der Waals surface area (Å²) >= 11 is 8.51. The van der Waals surface area contributed by atoms with Crippen LogP contribution in [-0.4, -0.2) is 23.4 Å². The van der Waals surface area contributed by atoms with Gasteiger partial charge in [0.2, 0.25) is 5.91 Å². The van der Waals surface area contributed by atoms with Gasteiger partial charge in [-0.05, 0) is 85.6 Å². The third-order valence-electron chi connectivity index (χ3n) is 6.97. The maximum Gasteiger partial charge on any atom is 0.238 e. The number of fused-ring (bicyclic) bond motifs is 1. The molecule has 1 amide bonds. The molecule has 9 heteroatoms. The SMILES string of the molecule is COc1ccccc1NC(=S)Nc1cccc(SC(C)C(=O)Nc2sc3c(c2C#N)CCC(C(C)(C)C)C3)c1. The molecule has 1 heterocycles. The Morgan fingerprint density at radius 2 is 1.95 bits per heavy atom. The molecule has 0 saturated heterocycles. The largest absolute Gasteiger partial charge is 0.495 e. The van der Waals surface area contributed by atoms with Crippen molar-refractivity contribution in [2.75, 3.05) is 23.1 Å². The van der Waals surface area contributed by atoms with Gasteiger partial charge in [0.15, 0.2) is 5.11 Å². The van der Waals surface area contributed by atoms with E-state index < -0.39 is 0 Å². The van der Waals surface area contributed by atoms with Crippen LogP contribution in [0.15, 0.2) is 53.4 Å². The van der Waals surface area contributed by atoms with Crippen molar-refractivity contribution in [3.05, 3.63) is 64.5 Å². The molecular formula is C30H34N4O2S3. The average molecular weight is 579 g/mol. The summed E-state index contributed by atoms with van der Waals surface area (Å²) in [7, 11) is 1.62. The van der Waals surface area contributed by atoms with Gasteiger partial charge in [0.25, 0.3) is 0 Å². The second kappa shape index (κ2) is 12.4. The Balaban J connectivity index is 1.38. The van der Waals surface area contributed by atoms with Gasteiger partial charge in [-0.1, -0.05) is 39.0 Å². The minimum Gasteiger partial charge on any atom is -0.495 e. The number of hydrogen-bond donors (Lipinski definition) is 3. The number of carbonyl (C=O) groups is 1. The lowest BCUT2D eigenvalue weighted by atomic mass is 9.72. The lowest BCUT2D eigenvalue weighted by molar-refractivity contribution is -0.115. The van der Waals surface area contributed by atoms with Gasteiger partial charge in [0.1, 0.15) is 16.8 Å². The van der Waals surface area contributed by atoms with E-state index in [1.54, 1.807) is 18.4 Å². The number of ether oxygens (including phenoxy) is 1. The Bertz CT molecular complexity index is 1400. The normalized spacial score (nSPS) is 15.4. The number of nitrogens with one attached hydrogen (secondary N) is 3. The summed E-state index contributed by atoms with van der Waals surface area (Å²) in [6.45, 7) is 8.71. The molecule has 0 aliphatic heterocycles. The minimum atomic E-state index is -0.355. The van der Waals surface area contributed by atoms with Gasteiger partial charge >= 0.3 is 0 Å². The van der Waals surface area contributed by atoms with Crippen LogP contribution in [0.5, 0.6) is 5.75 Å². The highest BCUT2D eigenvalue weighted by Crippen LogP contribution is 2.44. The van der Waals surface area contributed by atoms with E-state index in [0.717, 1.165) is 41.1 Å². The van der Waals surface area contributed by atoms with E-state index in [4.69, 9.17) is 17.0 Å². The molecule has 4 rings (SSSR count). The summed E-state index contributed by atoms with van der Waals surface area (Å²) < 4.78 is 5.37. The molecule has 0 fully saturated rings. The molecule has 2 aromatic carbocycles. The molecular weight excluding hydrogens is 545 g/mol. The average Bonchev–Trinajstić information content (AvgIpc) is 3.24. The van der Waals surface area contributed by atoms with Crippen molar-refractivity contribution in [1.82, 2.24) is 0 Å². The van der Waals surface area contributed by atoms with Crippen LogP contribution in [0.4, 0.5) is 16.4 Å². The number of rotatable bonds is 7. The van der Waals surface area contributed by atoms with Crippen LogP contribution in [0.2, 0.25) is 0 Å². The number of benzene rings is 2. The van der Waals surface area contributed by atoms with Gasteiger partial charge in [-0.2, -0.15) is 5.26 Å². The van der Waals surface area contributed by atoms with Gasteiger partial charge in [-0.3, -0.25) is 4.79 Å². The number of hydrogen-bond acceptors (Lipinski definition) is 6. The van der Waals surface area contributed by atoms with Crippen molar-refractivity contribution in [2.45, 2.75) is 57.1 Å². The molecule has 1 aliphatic rings. The third kappa shape index (κ3) is 7.13. The minimum absolute atomic E-state index is 0.116. The van der Waals surface area contributed by atoms with Crippen LogP contribution < -0.4 is 20.7 Å². The van der Waals surface area contributed by atoms with Crippen molar-refractivity contribution < 1.29 is 9.53 Å². The first-order chi connectivity index (χ1) is 18.6. The Morgan fingerprint density at radius 1 is 1.18 bits per heavy atom. The first kappa shape index (κ1) is 28.9. The maximum absolute atomic E-state index is 13.2. The molecule has 1 aliphatic carbocycles. The number of thiocarbonyl (C=S) groups is 1. The second-order valence-corrected chi connectivity index (χ2v) is 13.6. The first-order valence-electron chi connectivity index (χ1n) is 12.9. The van der Waals surface area contributed by atoms with E-state index in [1.165, 1.54) is 16.6 Å². The second-order valence-electron chi connectivity index (χ2n) is 10.7. The summed E-state index contributed by atoms with van der Waals surface area (Å²) in [5.41, 5.74) is 3.56. The fourth-order valence-corrected chi connectivity index (χ4v) is 7.12. The van der Waals surface area contributed by atoms with Crippen molar-refractivity contribution in [2.24, 2.45) is 11.3 Å². The molecule has 3 aromatic rings. The zero-order chi connectivity index (χ0) is 28.2. The Hall–Kier alpha value is -3.06. The highest BCUT2D eigenvalue weighted by molar-refractivity contribution is 8.00. The summed E-state index contributed by atoms with van der Waals surface area (Å²) in [6, 6.07) is 17.7. The maximum atomic E-state index is 13.2. The van der Waals surface area contributed by atoms with Crippen molar-refractivity contribution >= 4 is 62.7 Å². The number of thioether (sulfide) groups is 1. The molecule has 0 radical (unpaired) electrons. The summed E-state index contributed by atoms with van der Waals surface area (Å²) in [4.78, 5) is 15.3. The fourth-order valence-electron chi connectivity index (χ4n) is 4.68. The smallest absolute Gasteiger partial charge is 0.238 e. The summed E-state index contributed by atoms with van der Waals surface area (Å²) in [5, 5.41) is 20.0. The van der Waals surface area contributed by atoms with E-state index >= 15 is 0 Å². The topological polar surface area (TPSA) is 86.2 Å². The summed E-state index contributed by atoms with van der Waals surface area (Å²) in [6.07, 6.45) is 2.93. The molecule has 0 bridgehead atoms. The van der Waals surface area contributed by atoms with E-state index in [9.17, 15) is 10.1 Å². The lowest BCUT2D eigenvalue weighted by Gasteiger charge is -2.33. The molecule has 3 N–H and O–H groups in total.